The van der Waals surface area contributed by atoms with Gasteiger partial charge in [0.05, 0.1) is 5.70 Å². The van der Waals surface area contributed by atoms with Crippen molar-refractivity contribution < 1.29 is 4.74 Å². The topological polar surface area (TPSA) is 68.1 Å². The van der Waals surface area contributed by atoms with Crippen molar-refractivity contribution >= 4 is 5.69 Å². The van der Waals surface area contributed by atoms with Crippen molar-refractivity contribution in [3.8, 4) is 5.75 Å². The molecular formula is C13H12N2O3. The Bertz CT molecular complexity index is 518. The van der Waals surface area contributed by atoms with Crippen LogP contribution in [0.15, 0.2) is 58.2 Å². The van der Waals surface area contributed by atoms with Gasteiger partial charge in [-0.1, -0.05) is 6.92 Å². The molecule has 1 aromatic rings. The fourth-order valence-electron chi connectivity index (χ4n) is 1.74. The first kappa shape index (κ1) is 12.2. The molecule has 0 aliphatic heterocycles. The van der Waals surface area contributed by atoms with Crippen molar-refractivity contribution in [2.75, 3.05) is 0 Å². The van der Waals surface area contributed by atoms with Gasteiger partial charge in [0.2, 0.25) is 0 Å². The number of allylic oxidation sites excluding steroid dienone is 4. The third kappa shape index (κ3) is 2.68. The van der Waals surface area contributed by atoms with Gasteiger partial charge in [-0.25, -0.2) is 0 Å². The average molecular weight is 244 g/mol. The molecule has 0 amide bonds. The Balaban J connectivity index is 2.10. The Hall–Kier alpha value is -2.30. The molecule has 0 fully saturated rings. The summed E-state index contributed by atoms with van der Waals surface area (Å²) >= 11 is 0. The van der Waals surface area contributed by atoms with E-state index in [9.17, 15) is 9.81 Å². The Morgan fingerprint density at radius 3 is 2.39 bits per heavy atom. The lowest BCUT2D eigenvalue weighted by Crippen LogP contribution is -2.07. The first-order valence-electron chi connectivity index (χ1n) is 5.58. The van der Waals surface area contributed by atoms with E-state index in [0.717, 1.165) is 5.76 Å². The van der Waals surface area contributed by atoms with Crippen molar-refractivity contribution in [3.63, 3.8) is 0 Å². The van der Waals surface area contributed by atoms with Crippen LogP contribution in [0.4, 0.5) is 5.69 Å². The van der Waals surface area contributed by atoms with Crippen LogP contribution in [-0.4, -0.2) is 0 Å². The predicted octanol–water partition coefficient (Wildman–Crippen LogP) is 4.04. The molecule has 1 aliphatic carbocycles. The van der Waals surface area contributed by atoms with Crippen molar-refractivity contribution in [3.05, 3.63) is 57.7 Å². The molecule has 92 valence electrons. The van der Waals surface area contributed by atoms with E-state index < -0.39 is 0 Å². The van der Waals surface area contributed by atoms with E-state index in [1.807, 2.05) is 6.92 Å². The molecular weight excluding hydrogens is 232 g/mol. The van der Waals surface area contributed by atoms with Gasteiger partial charge in [-0.15, -0.1) is 9.81 Å². The second-order valence-electron chi connectivity index (χ2n) is 4.11. The summed E-state index contributed by atoms with van der Waals surface area (Å²) in [6.45, 7) is 1.92. The van der Waals surface area contributed by atoms with E-state index >= 15 is 0 Å². The van der Waals surface area contributed by atoms with Gasteiger partial charge in [0.15, 0.2) is 0 Å². The van der Waals surface area contributed by atoms with Gasteiger partial charge < -0.3 is 4.74 Å². The van der Waals surface area contributed by atoms with Gasteiger partial charge >= 0.3 is 0 Å². The maximum atomic E-state index is 10.5. The minimum atomic E-state index is 0.0541. The van der Waals surface area contributed by atoms with Crippen molar-refractivity contribution in [2.24, 2.45) is 16.3 Å². The van der Waals surface area contributed by atoms with Crippen LogP contribution >= 0.6 is 0 Å². The van der Waals surface area contributed by atoms with Gasteiger partial charge in [0.25, 0.3) is 0 Å². The molecule has 1 aromatic carbocycles. The second-order valence-corrected chi connectivity index (χ2v) is 4.11. The summed E-state index contributed by atoms with van der Waals surface area (Å²) in [5.41, 5.74) is 0.892. The van der Waals surface area contributed by atoms with Crippen LogP contribution in [0.3, 0.4) is 0 Å². The lowest BCUT2D eigenvalue weighted by atomic mass is 9.98. The highest BCUT2D eigenvalue weighted by Crippen LogP contribution is 2.28. The summed E-state index contributed by atoms with van der Waals surface area (Å²) in [5, 5.41) is 5.77. The van der Waals surface area contributed by atoms with Gasteiger partial charge in [-0.05, 0) is 46.8 Å². The lowest BCUT2D eigenvalue weighted by molar-refractivity contribution is 0.380. The van der Waals surface area contributed by atoms with Gasteiger partial charge in [0, 0.05) is 12.3 Å². The molecule has 0 bridgehead atoms. The van der Waals surface area contributed by atoms with Crippen LogP contribution in [-0.2, 0) is 0 Å². The molecule has 1 unspecified atom stereocenters. The van der Waals surface area contributed by atoms with Crippen LogP contribution < -0.4 is 4.74 Å². The smallest absolute Gasteiger partial charge is 0.127 e. The summed E-state index contributed by atoms with van der Waals surface area (Å²) in [7, 11) is 0. The number of benzene rings is 1. The summed E-state index contributed by atoms with van der Waals surface area (Å²) in [6, 6.07) is 6.53. The molecule has 0 saturated carbocycles. The van der Waals surface area contributed by atoms with Crippen molar-refractivity contribution in [1.82, 2.24) is 0 Å². The van der Waals surface area contributed by atoms with Gasteiger partial charge in [0.1, 0.15) is 17.2 Å². The maximum Gasteiger partial charge on any atom is 0.127 e. The zero-order valence-electron chi connectivity index (χ0n) is 9.87. The summed E-state index contributed by atoms with van der Waals surface area (Å²) in [4.78, 5) is 20.7. The minimum Gasteiger partial charge on any atom is -0.462 e. The Morgan fingerprint density at radius 1 is 1.11 bits per heavy atom. The van der Waals surface area contributed by atoms with Crippen LogP contribution in [0.5, 0.6) is 5.75 Å². The van der Waals surface area contributed by atoms with E-state index in [0.29, 0.717) is 23.6 Å². The molecule has 0 aromatic heterocycles. The molecule has 0 heterocycles. The van der Waals surface area contributed by atoms with E-state index in [-0.39, 0.29) is 5.92 Å². The maximum absolute atomic E-state index is 10.5. The van der Waals surface area contributed by atoms with E-state index in [1.165, 1.54) is 0 Å². The van der Waals surface area contributed by atoms with E-state index in [2.05, 4.69) is 10.4 Å². The SMILES string of the molecule is CC1CC(Oc2ccc(N=O)cc2)=CC=C1N=O. The first-order valence-corrected chi connectivity index (χ1v) is 5.58. The summed E-state index contributed by atoms with van der Waals surface area (Å²) in [5.74, 6) is 1.46. The number of nitrogens with zero attached hydrogens (tertiary/aromatic N) is 2. The first-order chi connectivity index (χ1) is 8.72. The monoisotopic (exact) mass is 244 g/mol. The molecule has 18 heavy (non-hydrogen) atoms. The Labute approximate surface area is 104 Å². The number of nitroso groups, excluding NO2 is 2. The molecule has 2 rings (SSSR count). The molecule has 1 atom stereocenters. The third-order valence-electron chi connectivity index (χ3n) is 2.75. The molecule has 5 heteroatoms. The van der Waals surface area contributed by atoms with Crippen molar-refractivity contribution in [2.45, 2.75) is 13.3 Å². The Morgan fingerprint density at radius 2 is 1.83 bits per heavy atom. The number of rotatable bonds is 4. The highest BCUT2D eigenvalue weighted by Gasteiger charge is 2.17. The number of ether oxygens (including phenoxy) is 1. The third-order valence-corrected chi connectivity index (χ3v) is 2.75. The summed E-state index contributed by atoms with van der Waals surface area (Å²) in [6.07, 6.45) is 4.03. The standard InChI is InChI=1S/C13H12N2O3/c1-9-8-12(6-7-13(9)15-17)18-11-4-2-10(14-16)3-5-11/h2-7,9H,8H2,1H3. The molecule has 1 aliphatic rings. The quantitative estimate of drug-likeness (QED) is 0.750. The van der Waals surface area contributed by atoms with Crippen LogP contribution in [0.2, 0.25) is 0 Å². The van der Waals surface area contributed by atoms with Crippen LogP contribution in [0, 0.1) is 15.7 Å². The molecule has 0 radical (unpaired) electrons. The highest BCUT2D eigenvalue weighted by molar-refractivity contribution is 5.41. The van der Waals surface area contributed by atoms with Gasteiger partial charge in [-0.3, -0.25) is 0 Å². The molecule has 0 N–H and O–H groups in total. The predicted molar refractivity (Wildman–Crippen MR) is 68.3 cm³/mol. The zero-order chi connectivity index (χ0) is 13.0. The van der Waals surface area contributed by atoms with Crippen LogP contribution in [0.1, 0.15) is 13.3 Å². The lowest BCUT2D eigenvalue weighted by Gasteiger charge is -2.17. The number of hydrogen-bond donors (Lipinski definition) is 0. The van der Waals surface area contributed by atoms with Crippen molar-refractivity contribution in [1.29, 1.82) is 0 Å². The molecule has 5 nitrogen and oxygen atoms in total. The zero-order valence-corrected chi connectivity index (χ0v) is 9.87. The van der Waals surface area contributed by atoms with Crippen LogP contribution in [0.25, 0.3) is 0 Å². The fourth-order valence-corrected chi connectivity index (χ4v) is 1.74. The molecule has 0 spiro atoms. The van der Waals surface area contributed by atoms with E-state index in [4.69, 9.17) is 4.74 Å². The van der Waals surface area contributed by atoms with E-state index in [1.54, 1.807) is 36.4 Å². The summed E-state index contributed by atoms with van der Waals surface area (Å²) < 4.78 is 5.65. The highest BCUT2D eigenvalue weighted by atomic mass is 16.5. The second kappa shape index (κ2) is 5.35. The molecule has 0 saturated heterocycles. The normalized spacial score (nSPS) is 18.6. The fraction of sp³-hybridized carbons (Fsp3) is 0.231. The number of hydrogen-bond acceptors (Lipinski definition) is 5. The van der Waals surface area contributed by atoms with Gasteiger partial charge in [-0.2, -0.15) is 0 Å². The minimum absolute atomic E-state index is 0.0541. The average Bonchev–Trinajstić information content (AvgIpc) is 2.40. The Kier molecular flexibility index (Phi) is 3.62. The largest absolute Gasteiger partial charge is 0.462 e.